The fourth-order valence-electron chi connectivity index (χ4n) is 2.73. The van der Waals surface area contributed by atoms with Crippen molar-refractivity contribution < 1.29 is 19.1 Å². The van der Waals surface area contributed by atoms with E-state index in [-0.39, 0.29) is 18.9 Å². The van der Waals surface area contributed by atoms with E-state index in [1.54, 1.807) is 22.9 Å². The Balaban J connectivity index is 1.94. The fraction of sp³-hybridized carbons (Fsp3) is 0.235. The maximum Gasteiger partial charge on any atom is 0.308 e. The van der Waals surface area contributed by atoms with E-state index in [4.69, 9.17) is 0 Å². The monoisotopic (exact) mass is 312 g/mol. The first kappa shape index (κ1) is 15.0. The molecule has 0 bridgehead atoms. The number of ether oxygens (including phenoxy) is 1. The highest BCUT2D eigenvalue weighted by atomic mass is 16.5. The van der Waals surface area contributed by atoms with Crippen LogP contribution in [-0.2, 0) is 20.9 Å². The van der Waals surface area contributed by atoms with Gasteiger partial charge in [-0.25, -0.2) is 0 Å². The number of aromatic nitrogens is 1. The molecule has 1 aromatic carbocycles. The molecule has 2 heterocycles. The highest BCUT2D eigenvalue weighted by molar-refractivity contribution is 6.08. The number of rotatable bonds is 4. The molecule has 118 valence electrons. The normalized spacial score (nSPS) is 17.1. The summed E-state index contributed by atoms with van der Waals surface area (Å²) in [6, 6.07) is 11.9. The lowest BCUT2D eigenvalue weighted by Crippen LogP contribution is -2.47. The van der Waals surface area contributed by atoms with Gasteiger partial charge in [0.1, 0.15) is 11.7 Å². The van der Waals surface area contributed by atoms with Crippen molar-refractivity contribution >= 4 is 17.8 Å². The van der Waals surface area contributed by atoms with Crippen molar-refractivity contribution in [3.63, 3.8) is 0 Å². The number of hydrogen-bond donors (Lipinski definition) is 0. The van der Waals surface area contributed by atoms with Gasteiger partial charge in [0.25, 0.3) is 11.8 Å². The first-order chi connectivity index (χ1) is 11.1. The summed E-state index contributed by atoms with van der Waals surface area (Å²) in [5.41, 5.74) is 1.25. The van der Waals surface area contributed by atoms with Crippen LogP contribution in [0.4, 0.5) is 0 Å². The topological polar surface area (TPSA) is 68.6 Å². The van der Waals surface area contributed by atoms with Crippen LogP contribution in [-0.4, -0.2) is 34.4 Å². The summed E-state index contributed by atoms with van der Waals surface area (Å²) >= 11 is 0. The van der Waals surface area contributed by atoms with Crippen molar-refractivity contribution in [2.75, 3.05) is 7.11 Å². The molecule has 1 aliphatic heterocycles. The molecule has 0 fully saturated rings. The highest BCUT2D eigenvalue weighted by Crippen LogP contribution is 2.27. The molecule has 6 nitrogen and oxygen atoms in total. The smallest absolute Gasteiger partial charge is 0.308 e. The van der Waals surface area contributed by atoms with E-state index < -0.39 is 17.9 Å². The van der Waals surface area contributed by atoms with E-state index in [1.165, 1.54) is 12.0 Å². The summed E-state index contributed by atoms with van der Waals surface area (Å²) in [4.78, 5) is 38.1. The molecule has 3 rings (SSSR count). The molecule has 0 N–H and O–H groups in total. The Bertz CT molecular complexity index is 751. The first-order valence-corrected chi connectivity index (χ1v) is 7.25. The van der Waals surface area contributed by atoms with Crippen LogP contribution < -0.4 is 0 Å². The van der Waals surface area contributed by atoms with Crippen LogP contribution in [0, 0.1) is 0 Å². The lowest BCUT2D eigenvalue weighted by Gasteiger charge is -2.32. The molecule has 2 amide bonds. The zero-order chi connectivity index (χ0) is 16.4. The van der Waals surface area contributed by atoms with Crippen molar-refractivity contribution in [2.24, 2.45) is 0 Å². The van der Waals surface area contributed by atoms with Gasteiger partial charge in [-0.15, -0.1) is 0 Å². The predicted molar refractivity (Wildman–Crippen MR) is 81.4 cm³/mol. The number of carbonyl (C=O) groups is 3. The Kier molecular flexibility index (Phi) is 3.97. The van der Waals surface area contributed by atoms with Gasteiger partial charge in [0.15, 0.2) is 0 Å². The molecule has 23 heavy (non-hydrogen) atoms. The molecule has 1 aliphatic rings. The fourth-order valence-corrected chi connectivity index (χ4v) is 2.73. The van der Waals surface area contributed by atoms with Gasteiger partial charge < -0.3 is 9.30 Å². The minimum atomic E-state index is -0.756. The molecule has 1 aromatic heterocycles. The van der Waals surface area contributed by atoms with Crippen molar-refractivity contribution in [1.82, 2.24) is 9.47 Å². The number of nitrogens with zero attached hydrogens (tertiary/aromatic N) is 2. The molecule has 1 atom stereocenters. The van der Waals surface area contributed by atoms with Gasteiger partial charge in [-0.3, -0.25) is 19.3 Å². The van der Waals surface area contributed by atoms with Crippen LogP contribution >= 0.6 is 0 Å². The molecular formula is C17H16N2O4. The second kappa shape index (κ2) is 6.08. The van der Waals surface area contributed by atoms with E-state index in [1.807, 2.05) is 30.3 Å². The van der Waals surface area contributed by atoms with Gasteiger partial charge in [0.05, 0.1) is 20.1 Å². The van der Waals surface area contributed by atoms with Gasteiger partial charge in [0, 0.05) is 6.20 Å². The van der Waals surface area contributed by atoms with E-state index in [0.29, 0.717) is 5.69 Å². The first-order valence-electron chi connectivity index (χ1n) is 7.25. The molecule has 0 unspecified atom stereocenters. The number of amides is 2. The third-order valence-corrected chi connectivity index (χ3v) is 3.90. The third kappa shape index (κ3) is 2.75. The summed E-state index contributed by atoms with van der Waals surface area (Å²) in [5.74, 6) is -1.24. The van der Waals surface area contributed by atoms with Crippen molar-refractivity contribution in [3.8, 4) is 0 Å². The largest absolute Gasteiger partial charge is 0.469 e. The molecular weight excluding hydrogens is 296 g/mol. The highest BCUT2D eigenvalue weighted by Gasteiger charge is 2.39. The van der Waals surface area contributed by atoms with Crippen LogP contribution in [0.5, 0.6) is 0 Å². The van der Waals surface area contributed by atoms with E-state index in [0.717, 1.165) is 5.56 Å². The maximum atomic E-state index is 12.7. The van der Waals surface area contributed by atoms with E-state index in [9.17, 15) is 14.4 Å². The molecule has 0 spiro atoms. The van der Waals surface area contributed by atoms with E-state index >= 15 is 0 Å². The van der Waals surface area contributed by atoms with Crippen LogP contribution in [0.1, 0.15) is 28.5 Å². The molecule has 0 aliphatic carbocycles. The second-order valence-corrected chi connectivity index (χ2v) is 5.31. The average Bonchev–Trinajstić information content (AvgIpc) is 3.06. The van der Waals surface area contributed by atoms with Gasteiger partial charge in [-0.1, -0.05) is 30.3 Å². The second-order valence-electron chi connectivity index (χ2n) is 5.31. The van der Waals surface area contributed by atoms with Crippen LogP contribution in [0.3, 0.4) is 0 Å². The summed E-state index contributed by atoms with van der Waals surface area (Å²) in [6.07, 6.45) is 1.54. The number of fused-ring (bicyclic) bond motifs is 1. The summed E-state index contributed by atoms with van der Waals surface area (Å²) in [5, 5.41) is 0. The molecule has 2 aromatic rings. The lowest BCUT2D eigenvalue weighted by molar-refractivity contribution is -0.146. The van der Waals surface area contributed by atoms with Crippen molar-refractivity contribution in [3.05, 3.63) is 59.9 Å². The van der Waals surface area contributed by atoms with E-state index in [2.05, 4.69) is 4.74 Å². The van der Waals surface area contributed by atoms with Crippen LogP contribution in [0.2, 0.25) is 0 Å². The molecule has 0 saturated carbocycles. The third-order valence-electron chi connectivity index (χ3n) is 3.90. The Morgan fingerprint density at radius 2 is 1.87 bits per heavy atom. The summed E-state index contributed by atoms with van der Waals surface area (Å²) in [7, 11) is 1.28. The maximum absolute atomic E-state index is 12.7. The predicted octanol–water partition coefficient (Wildman–Crippen LogP) is 1.77. The number of benzene rings is 1. The standard InChI is InChI=1S/C17H16N2O4/c1-23-15(20)10-14-17(22)19(11-12-6-3-2-4-7-12)16(21)13-8-5-9-18(13)14/h2-9,14H,10-11H2,1H3/t14-/m1/s1. The Morgan fingerprint density at radius 1 is 1.13 bits per heavy atom. The van der Waals surface area contributed by atoms with Crippen molar-refractivity contribution in [2.45, 2.75) is 19.0 Å². The molecule has 0 saturated heterocycles. The van der Waals surface area contributed by atoms with Gasteiger partial charge in [-0.2, -0.15) is 0 Å². The SMILES string of the molecule is COC(=O)C[C@@H]1C(=O)N(Cc2ccccc2)C(=O)c2cccn21. The van der Waals surface area contributed by atoms with Gasteiger partial charge in [-0.05, 0) is 17.7 Å². The molecule has 0 radical (unpaired) electrons. The minimum absolute atomic E-state index is 0.102. The number of carbonyl (C=O) groups excluding carboxylic acids is 3. The number of imide groups is 1. The lowest BCUT2D eigenvalue weighted by atomic mass is 10.1. The Morgan fingerprint density at radius 3 is 2.57 bits per heavy atom. The van der Waals surface area contributed by atoms with Gasteiger partial charge in [0.2, 0.25) is 0 Å². The number of esters is 1. The van der Waals surface area contributed by atoms with Gasteiger partial charge >= 0.3 is 5.97 Å². The van der Waals surface area contributed by atoms with Crippen LogP contribution in [0.25, 0.3) is 0 Å². The van der Waals surface area contributed by atoms with Crippen molar-refractivity contribution in [1.29, 1.82) is 0 Å². The minimum Gasteiger partial charge on any atom is -0.469 e. The average molecular weight is 312 g/mol. The quantitative estimate of drug-likeness (QED) is 0.637. The molecule has 6 heteroatoms. The number of hydrogen-bond acceptors (Lipinski definition) is 4. The Labute approximate surface area is 133 Å². The summed E-state index contributed by atoms with van der Waals surface area (Å²) < 4.78 is 6.21. The number of methoxy groups -OCH3 is 1. The summed E-state index contributed by atoms with van der Waals surface area (Å²) in [6.45, 7) is 0.182. The Hall–Kier alpha value is -2.89. The zero-order valence-corrected chi connectivity index (χ0v) is 12.6. The van der Waals surface area contributed by atoms with Crippen LogP contribution in [0.15, 0.2) is 48.7 Å². The zero-order valence-electron chi connectivity index (χ0n) is 12.6.